The van der Waals surface area contributed by atoms with Gasteiger partial charge in [-0.2, -0.15) is 5.26 Å². The molecule has 3 heteroatoms. The molecule has 0 spiro atoms. The molecule has 176 valence electrons. The van der Waals surface area contributed by atoms with Crippen LogP contribution in [0, 0.1) is 17.2 Å². The maximum atomic E-state index is 12.9. The molecule has 3 nitrogen and oxygen atoms in total. The average molecular weight is 446 g/mol. The molecule has 0 bridgehead atoms. The number of ether oxygens (including phenoxy) is 1. The minimum atomic E-state index is -0.188. The number of aryl methyl sites for hydroxylation is 1. The molecule has 1 saturated carbocycles. The van der Waals surface area contributed by atoms with Gasteiger partial charge in [-0.05, 0) is 79.2 Å². The average Bonchev–Trinajstić information content (AvgIpc) is 2.86. The summed E-state index contributed by atoms with van der Waals surface area (Å²) < 4.78 is 5.73. The molecular weight excluding hydrogens is 406 g/mol. The standard InChI is InChI=1S/C30H39NO2/c1-4-6-7-8-9-22(3)27-18-19-29(28(20-27)21-31)33-30(32)26-16-14-25(15-17-26)24-12-10-23(5-2)11-13-24/h10-13,18-20,22,25-26H,4-9,14-17H2,1-3H3. The minimum Gasteiger partial charge on any atom is -0.425 e. The van der Waals surface area contributed by atoms with E-state index >= 15 is 0 Å². The summed E-state index contributed by atoms with van der Waals surface area (Å²) in [5.74, 6) is 1.06. The van der Waals surface area contributed by atoms with Gasteiger partial charge in [-0.3, -0.25) is 4.79 Å². The van der Waals surface area contributed by atoms with Crippen LogP contribution in [0.4, 0.5) is 0 Å². The van der Waals surface area contributed by atoms with E-state index in [2.05, 4.69) is 51.1 Å². The van der Waals surface area contributed by atoms with Crippen molar-refractivity contribution in [2.45, 2.75) is 96.8 Å². The zero-order valence-corrected chi connectivity index (χ0v) is 20.6. The van der Waals surface area contributed by atoms with Crippen LogP contribution in [0.3, 0.4) is 0 Å². The number of hydrogen-bond donors (Lipinski definition) is 0. The van der Waals surface area contributed by atoms with Crippen molar-refractivity contribution < 1.29 is 9.53 Å². The lowest BCUT2D eigenvalue weighted by atomic mass is 9.78. The van der Waals surface area contributed by atoms with Crippen LogP contribution in [0.25, 0.3) is 0 Å². The van der Waals surface area contributed by atoms with Crippen molar-refractivity contribution in [3.05, 3.63) is 64.7 Å². The van der Waals surface area contributed by atoms with Gasteiger partial charge in [0.1, 0.15) is 11.8 Å². The largest absolute Gasteiger partial charge is 0.425 e. The van der Waals surface area contributed by atoms with Crippen molar-refractivity contribution in [2.75, 3.05) is 0 Å². The highest BCUT2D eigenvalue weighted by molar-refractivity contribution is 5.76. The summed E-state index contributed by atoms with van der Waals surface area (Å²) in [5, 5.41) is 9.65. The van der Waals surface area contributed by atoms with E-state index < -0.39 is 0 Å². The molecule has 0 heterocycles. The molecule has 1 fully saturated rings. The fourth-order valence-corrected chi connectivity index (χ4v) is 4.95. The lowest BCUT2D eigenvalue weighted by Gasteiger charge is -2.27. The van der Waals surface area contributed by atoms with Crippen LogP contribution in [0.5, 0.6) is 5.75 Å². The Morgan fingerprint density at radius 2 is 1.76 bits per heavy atom. The van der Waals surface area contributed by atoms with Crippen molar-refractivity contribution in [3.8, 4) is 11.8 Å². The molecule has 0 radical (unpaired) electrons. The SMILES string of the molecule is CCCCCCC(C)c1ccc(OC(=O)C2CCC(c3ccc(CC)cc3)CC2)c(C#N)c1. The van der Waals surface area contributed by atoms with E-state index in [-0.39, 0.29) is 11.9 Å². The Morgan fingerprint density at radius 3 is 2.39 bits per heavy atom. The Hall–Kier alpha value is -2.60. The number of carbonyl (C=O) groups is 1. The van der Waals surface area contributed by atoms with Gasteiger partial charge >= 0.3 is 5.97 Å². The monoisotopic (exact) mass is 445 g/mol. The molecule has 0 saturated heterocycles. The molecule has 2 aromatic rings. The molecular formula is C30H39NO2. The van der Waals surface area contributed by atoms with Gasteiger partial charge in [0.25, 0.3) is 0 Å². The number of rotatable bonds is 10. The van der Waals surface area contributed by atoms with Gasteiger partial charge < -0.3 is 4.74 Å². The lowest BCUT2D eigenvalue weighted by molar-refractivity contribution is -0.140. The van der Waals surface area contributed by atoms with Crippen molar-refractivity contribution in [1.29, 1.82) is 5.26 Å². The van der Waals surface area contributed by atoms with Crippen LogP contribution in [0.2, 0.25) is 0 Å². The van der Waals surface area contributed by atoms with Crippen LogP contribution in [-0.4, -0.2) is 5.97 Å². The number of nitriles is 1. The van der Waals surface area contributed by atoms with E-state index in [4.69, 9.17) is 4.74 Å². The van der Waals surface area contributed by atoms with Gasteiger partial charge in [0.2, 0.25) is 0 Å². The van der Waals surface area contributed by atoms with E-state index in [0.29, 0.717) is 23.1 Å². The van der Waals surface area contributed by atoms with Gasteiger partial charge in [0, 0.05) is 0 Å². The fourth-order valence-electron chi connectivity index (χ4n) is 4.95. The minimum absolute atomic E-state index is 0.0835. The van der Waals surface area contributed by atoms with Crippen LogP contribution in [0.1, 0.15) is 113 Å². The molecule has 33 heavy (non-hydrogen) atoms. The number of nitrogens with zero attached hydrogens (tertiary/aromatic N) is 1. The van der Waals surface area contributed by atoms with Gasteiger partial charge in [-0.1, -0.05) is 76.8 Å². The van der Waals surface area contributed by atoms with Crippen LogP contribution in [0.15, 0.2) is 42.5 Å². The van der Waals surface area contributed by atoms with E-state index in [0.717, 1.165) is 44.1 Å². The zero-order valence-electron chi connectivity index (χ0n) is 20.6. The Balaban J connectivity index is 1.54. The molecule has 0 aliphatic heterocycles. The van der Waals surface area contributed by atoms with E-state index in [1.165, 1.54) is 36.8 Å². The van der Waals surface area contributed by atoms with E-state index in [9.17, 15) is 10.1 Å². The number of benzene rings is 2. The zero-order chi connectivity index (χ0) is 23.6. The predicted molar refractivity (Wildman–Crippen MR) is 134 cm³/mol. The highest BCUT2D eigenvalue weighted by atomic mass is 16.5. The molecule has 2 aromatic carbocycles. The summed E-state index contributed by atoms with van der Waals surface area (Å²) in [6.07, 6.45) is 10.8. The van der Waals surface area contributed by atoms with Crippen LogP contribution >= 0.6 is 0 Å². The van der Waals surface area contributed by atoms with Crippen molar-refractivity contribution in [1.82, 2.24) is 0 Å². The third-order valence-electron chi connectivity index (χ3n) is 7.31. The highest BCUT2D eigenvalue weighted by Crippen LogP contribution is 2.37. The Morgan fingerprint density at radius 1 is 1.03 bits per heavy atom. The quantitative estimate of drug-likeness (QED) is 0.211. The molecule has 1 aliphatic carbocycles. The molecule has 3 rings (SSSR count). The second-order valence-corrected chi connectivity index (χ2v) is 9.68. The second-order valence-electron chi connectivity index (χ2n) is 9.68. The number of hydrogen-bond acceptors (Lipinski definition) is 3. The summed E-state index contributed by atoms with van der Waals surface area (Å²) >= 11 is 0. The van der Waals surface area contributed by atoms with Crippen molar-refractivity contribution in [3.63, 3.8) is 0 Å². The molecule has 1 atom stereocenters. The first kappa shape index (κ1) is 25.0. The molecule has 0 aromatic heterocycles. The first-order valence-electron chi connectivity index (χ1n) is 12.9. The first-order valence-corrected chi connectivity index (χ1v) is 12.9. The lowest BCUT2D eigenvalue weighted by Crippen LogP contribution is -2.25. The molecule has 1 unspecified atom stereocenters. The van der Waals surface area contributed by atoms with Crippen LogP contribution in [-0.2, 0) is 11.2 Å². The summed E-state index contributed by atoms with van der Waals surface area (Å²) in [6, 6.07) is 16.9. The fraction of sp³-hybridized carbons (Fsp3) is 0.533. The van der Waals surface area contributed by atoms with Gasteiger partial charge in [-0.25, -0.2) is 0 Å². The van der Waals surface area contributed by atoms with Crippen molar-refractivity contribution >= 4 is 5.97 Å². The van der Waals surface area contributed by atoms with Gasteiger partial charge in [0.15, 0.2) is 0 Å². The summed E-state index contributed by atoms with van der Waals surface area (Å²) in [6.45, 7) is 6.61. The Kier molecular flexibility index (Phi) is 9.55. The second kappa shape index (κ2) is 12.6. The molecule has 1 aliphatic rings. The third-order valence-corrected chi connectivity index (χ3v) is 7.31. The topological polar surface area (TPSA) is 50.1 Å². The maximum Gasteiger partial charge on any atom is 0.314 e. The first-order chi connectivity index (χ1) is 16.0. The third kappa shape index (κ3) is 6.94. The van der Waals surface area contributed by atoms with Gasteiger partial charge in [-0.15, -0.1) is 0 Å². The number of carbonyl (C=O) groups excluding carboxylic acids is 1. The number of esters is 1. The summed E-state index contributed by atoms with van der Waals surface area (Å²) in [7, 11) is 0. The van der Waals surface area contributed by atoms with Crippen molar-refractivity contribution in [2.24, 2.45) is 5.92 Å². The highest BCUT2D eigenvalue weighted by Gasteiger charge is 2.29. The van der Waals surface area contributed by atoms with E-state index in [1.807, 2.05) is 18.2 Å². The van der Waals surface area contributed by atoms with Gasteiger partial charge in [0.05, 0.1) is 11.5 Å². The normalized spacial score (nSPS) is 19.0. The Bertz CT molecular complexity index is 933. The molecule has 0 N–H and O–H groups in total. The number of unbranched alkanes of at least 4 members (excludes halogenated alkanes) is 3. The van der Waals surface area contributed by atoms with Crippen LogP contribution < -0.4 is 4.74 Å². The summed E-state index contributed by atoms with van der Waals surface area (Å²) in [4.78, 5) is 12.9. The molecule has 0 amide bonds. The predicted octanol–water partition coefficient (Wildman–Crippen LogP) is 8.07. The Labute approximate surface area is 200 Å². The van der Waals surface area contributed by atoms with E-state index in [1.54, 1.807) is 0 Å². The summed E-state index contributed by atoms with van der Waals surface area (Å²) in [5.41, 5.74) is 4.36. The smallest absolute Gasteiger partial charge is 0.314 e. The maximum absolute atomic E-state index is 12.9.